The number of nitrogens with zero attached hydrogens (tertiary/aromatic N) is 2. The maximum Gasteiger partial charge on any atom is 0.304 e. The van der Waals surface area contributed by atoms with E-state index in [0.717, 1.165) is 38.3 Å². The summed E-state index contributed by atoms with van der Waals surface area (Å²) in [6, 6.07) is 3.57. The molecule has 1 aromatic rings. The van der Waals surface area contributed by atoms with Crippen LogP contribution in [-0.2, 0) is 11.2 Å². The number of piperazine rings is 1. The van der Waals surface area contributed by atoms with Gasteiger partial charge in [0.05, 0.1) is 6.42 Å². The lowest BCUT2D eigenvalue weighted by Gasteiger charge is -2.37. The van der Waals surface area contributed by atoms with E-state index in [1.165, 1.54) is 6.07 Å². The van der Waals surface area contributed by atoms with Crippen molar-refractivity contribution in [2.24, 2.45) is 0 Å². The first-order valence-electron chi connectivity index (χ1n) is 7.04. The van der Waals surface area contributed by atoms with Gasteiger partial charge >= 0.3 is 5.97 Å². The van der Waals surface area contributed by atoms with Gasteiger partial charge in [0.15, 0.2) is 11.6 Å². The summed E-state index contributed by atoms with van der Waals surface area (Å²) in [5.41, 5.74) is 0.624. The van der Waals surface area contributed by atoms with Crippen molar-refractivity contribution >= 4 is 5.97 Å². The minimum Gasteiger partial charge on any atom is -0.481 e. The summed E-state index contributed by atoms with van der Waals surface area (Å²) in [6.45, 7) is 3.35. The number of rotatable bonds is 5. The van der Waals surface area contributed by atoms with E-state index in [2.05, 4.69) is 9.80 Å². The van der Waals surface area contributed by atoms with Gasteiger partial charge < -0.3 is 10.0 Å². The fourth-order valence-electron chi connectivity index (χ4n) is 2.66. The molecule has 0 radical (unpaired) electrons. The van der Waals surface area contributed by atoms with Gasteiger partial charge in [0.25, 0.3) is 0 Å². The third kappa shape index (κ3) is 4.47. The number of hydrogen-bond donors (Lipinski definition) is 1. The molecule has 2 rings (SSSR count). The SMILES string of the molecule is CN1CCN(C(CC(=O)O)Cc2ccc(F)c(F)c2)CC1. The van der Waals surface area contributed by atoms with Crippen LogP contribution in [-0.4, -0.2) is 60.1 Å². The van der Waals surface area contributed by atoms with Crippen molar-refractivity contribution < 1.29 is 18.7 Å². The van der Waals surface area contributed by atoms with E-state index in [0.29, 0.717) is 12.0 Å². The van der Waals surface area contributed by atoms with Crippen molar-refractivity contribution in [3.63, 3.8) is 0 Å². The zero-order chi connectivity index (χ0) is 15.4. The van der Waals surface area contributed by atoms with Crippen LogP contribution in [0.4, 0.5) is 8.78 Å². The Bertz CT molecular complexity index is 502. The topological polar surface area (TPSA) is 43.8 Å². The molecule has 1 unspecified atom stereocenters. The highest BCUT2D eigenvalue weighted by Gasteiger charge is 2.25. The van der Waals surface area contributed by atoms with E-state index in [1.54, 1.807) is 0 Å². The summed E-state index contributed by atoms with van der Waals surface area (Å²) in [5.74, 6) is -2.64. The van der Waals surface area contributed by atoms with Crippen LogP contribution in [0.3, 0.4) is 0 Å². The molecule has 0 spiro atoms. The molecule has 1 saturated heterocycles. The van der Waals surface area contributed by atoms with Gasteiger partial charge in [0.1, 0.15) is 0 Å². The predicted molar refractivity (Wildman–Crippen MR) is 75.2 cm³/mol. The Morgan fingerprint density at radius 3 is 2.48 bits per heavy atom. The molecular weight excluding hydrogens is 278 g/mol. The minimum absolute atomic E-state index is 0.00269. The Balaban J connectivity index is 2.08. The molecule has 116 valence electrons. The van der Waals surface area contributed by atoms with Gasteiger partial charge in [0, 0.05) is 32.2 Å². The second-order valence-corrected chi connectivity index (χ2v) is 5.54. The summed E-state index contributed by atoms with van der Waals surface area (Å²) in [7, 11) is 2.03. The number of carboxylic acids is 1. The average Bonchev–Trinajstić information content (AvgIpc) is 2.42. The fourth-order valence-corrected chi connectivity index (χ4v) is 2.66. The first-order chi connectivity index (χ1) is 9.95. The number of hydrogen-bond acceptors (Lipinski definition) is 3. The third-order valence-corrected chi connectivity index (χ3v) is 3.92. The van der Waals surface area contributed by atoms with Crippen LogP contribution in [0.1, 0.15) is 12.0 Å². The van der Waals surface area contributed by atoms with Gasteiger partial charge in [-0.3, -0.25) is 9.69 Å². The van der Waals surface area contributed by atoms with Crippen LogP contribution in [0.2, 0.25) is 0 Å². The van der Waals surface area contributed by atoms with Gasteiger partial charge in [0.2, 0.25) is 0 Å². The summed E-state index contributed by atoms with van der Waals surface area (Å²) in [4.78, 5) is 15.4. The second-order valence-electron chi connectivity index (χ2n) is 5.54. The van der Waals surface area contributed by atoms with E-state index in [1.807, 2.05) is 7.05 Å². The third-order valence-electron chi connectivity index (χ3n) is 3.92. The van der Waals surface area contributed by atoms with E-state index in [4.69, 9.17) is 5.11 Å². The highest BCUT2D eigenvalue weighted by molar-refractivity contribution is 5.67. The molecule has 1 aromatic carbocycles. The number of carboxylic acid groups (broad SMARTS) is 1. The average molecular weight is 298 g/mol. The standard InChI is InChI=1S/C15H20F2N2O2/c1-18-4-6-19(7-5-18)12(10-15(20)21)8-11-2-3-13(16)14(17)9-11/h2-3,9,12H,4-8,10H2,1H3,(H,20,21). The van der Waals surface area contributed by atoms with Crippen LogP contribution < -0.4 is 0 Å². The molecule has 0 aromatic heterocycles. The van der Waals surface area contributed by atoms with Crippen LogP contribution in [0, 0.1) is 11.6 Å². The number of likely N-dealkylation sites (N-methyl/N-ethyl adjacent to an activating group) is 1. The smallest absolute Gasteiger partial charge is 0.304 e. The van der Waals surface area contributed by atoms with E-state index < -0.39 is 17.6 Å². The Morgan fingerprint density at radius 2 is 1.90 bits per heavy atom. The Kier molecular flexibility index (Phi) is 5.25. The molecule has 1 fully saturated rings. The maximum atomic E-state index is 13.3. The Hall–Kier alpha value is -1.53. The summed E-state index contributed by atoms with van der Waals surface area (Å²) < 4.78 is 26.2. The lowest BCUT2D eigenvalue weighted by molar-refractivity contribution is -0.138. The first-order valence-corrected chi connectivity index (χ1v) is 7.04. The molecule has 0 saturated carbocycles. The van der Waals surface area contributed by atoms with Gasteiger partial charge in [-0.2, -0.15) is 0 Å². The zero-order valence-electron chi connectivity index (χ0n) is 12.1. The summed E-state index contributed by atoms with van der Waals surface area (Å²) >= 11 is 0. The highest BCUT2D eigenvalue weighted by Crippen LogP contribution is 2.17. The molecule has 4 nitrogen and oxygen atoms in total. The molecule has 6 heteroatoms. The fraction of sp³-hybridized carbons (Fsp3) is 0.533. The lowest BCUT2D eigenvalue weighted by atomic mass is 10.0. The monoisotopic (exact) mass is 298 g/mol. The highest BCUT2D eigenvalue weighted by atomic mass is 19.2. The van der Waals surface area contributed by atoms with Crippen LogP contribution in [0.25, 0.3) is 0 Å². The molecule has 1 aliphatic heterocycles. The molecule has 21 heavy (non-hydrogen) atoms. The molecule has 1 N–H and O–H groups in total. The van der Waals surface area contributed by atoms with Crippen molar-refractivity contribution in [1.29, 1.82) is 0 Å². The number of halogens is 2. The summed E-state index contributed by atoms with van der Waals surface area (Å²) in [5, 5.41) is 9.07. The van der Waals surface area contributed by atoms with Gasteiger partial charge in [-0.05, 0) is 31.2 Å². The van der Waals surface area contributed by atoms with Crippen molar-refractivity contribution in [3.05, 3.63) is 35.4 Å². The number of benzene rings is 1. The van der Waals surface area contributed by atoms with E-state index in [9.17, 15) is 13.6 Å². The van der Waals surface area contributed by atoms with E-state index in [-0.39, 0.29) is 12.5 Å². The van der Waals surface area contributed by atoms with Gasteiger partial charge in [-0.15, -0.1) is 0 Å². The molecule has 1 atom stereocenters. The maximum absolute atomic E-state index is 13.3. The number of carbonyl (C=O) groups is 1. The van der Waals surface area contributed by atoms with Crippen LogP contribution in [0.5, 0.6) is 0 Å². The first kappa shape index (κ1) is 15.9. The summed E-state index contributed by atoms with van der Waals surface area (Å²) in [6.07, 6.45) is 0.413. The molecule has 1 aliphatic rings. The quantitative estimate of drug-likeness (QED) is 0.897. The number of aliphatic carboxylic acids is 1. The molecular formula is C15H20F2N2O2. The lowest BCUT2D eigenvalue weighted by Crippen LogP contribution is -2.50. The second kappa shape index (κ2) is 6.95. The van der Waals surface area contributed by atoms with E-state index >= 15 is 0 Å². The minimum atomic E-state index is -0.889. The van der Waals surface area contributed by atoms with Crippen molar-refractivity contribution in [3.8, 4) is 0 Å². The van der Waals surface area contributed by atoms with Gasteiger partial charge in [-0.1, -0.05) is 6.07 Å². The molecule has 0 aliphatic carbocycles. The van der Waals surface area contributed by atoms with Crippen molar-refractivity contribution in [2.75, 3.05) is 33.2 Å². The largest absolute Gasteiger partial charge is 0.481 e. The van der Waals surface area contributed by atoms with Gasteiger partial charge in [-0.25, -0.2) is 8.78 Å². The van der Waals surface area contributed by atoms with Crippen molar-refractivity contribution in [2.45, 2.75) is 18.9 Å². The molecule has 0 bridgehead atoms. The van der Waals surface area contributed by atoms with Crippen molar-refractivity contribution in [1.82, 2.24) is 9.80 Å². The van der Waals surface area contributed by atoms with Crippen LogP contribution >= 0.6 is 0 Å². The van der Waals surface area contributed by atoms with Crippen LogP contribution in [0.15, 0.2) is 18.2 Å². The molecule has 0 amide bonds. The predicted octanol–water partition coefficient (Wildman–Crippen LogP) is 1.60. The molecule has 1 heterocycles. The Labute approximate surface area is 123 Å². The Morgan fingerprint density at radius 1 is 1.24 bits per heavy atom. The normalized spacial score (nSPS) is 18.6. The zero-order valence-corrected chi connectivity index (χ0v) is 12.1.